The van der Waals surface area contributed by atoms with Gasteiger partial charge in [-0.25, -0.2) is 0 Å². The minimum Gasteiger partial charge on any atom is 0 e. The van der Waals surface area contributed by atoms with Crippen molar-refractivity contribution in [3.63, 3.8) is 0 Å². The summed E-state index contributed by atoms with van der Waals surface area (Å²) in [6, 6.07) is 0. The zero-order chi connectivity index (χ0) is 4.50. The van der Waals surface area contributed by atoms with E-state index in [-0.39, 0.29) is 20.4 Å². The van der Waals surface area contributed by atoms with E-state index >= 15 is 0 Å². The molecule has 0 rings (SSSR count). The first kappa shape index (κ1) is 10.7. The van der Waals surface area contributed by atoms with E-state index in [1.165, 1.54) is 0 Å². The molecule has 0 fully saturated rings. The van der Waals surface area contributed by atoms with E-state index in [2.05, 4.69) is 0 Å². The van der Waals surface area contributed by atoms with Gasteiger partial charge < -0.3 is 0 Å². The van der Waals surface area contributed by atoms with Crippen LogP contribution in [0, 0.1) is 0 Å². The van der Waals surface area contributed by atoms with Crippen LogP contribution in [0.3, 0.4) is 0 Å². The second-order valence-corrected chi connectivity index (χ2v) is 7.93. The zero-order valence-corrected chi connectivity index (χ0v) is 7.16. The summed E-state index contributed by atoms with van der Waals surface area (Å²) in [6.07, 6.45) is 0. The monoisotopic (exact) mass is 314 g/mol. The van der Waals surface area contributed by atoms with Gasteiger partial charge >= 0.3 is 41.8 Å². The maximum absolute atomic E-state index is 5.00. The van der Waals surface area contributed by atoms with Crippen LogP contribution in [0.2, 0.25) is 0 Å². The van der Waals surface area contributed by atoms with E-state index in [1.807, 2.05) is 0 Å². The Morgan fingerprint density at radius 2 is 1.17 bits per heavy atom. The average Bonchev–Trinajstić information content (AvgIpc) is 0.722. The summed E-state index contributed by atoms with van der Waals surface area (Å²) in [4.78, 5) is 0. The Kier molecular flexibility index (Phi) is 6.77. The first-order valence-corrected chi connectivity index (χ1v) is 6.40. The van der Waals surface area contributed by atoms with Crippen molar-refractivity contribution in [3.05, 3.63) is 0 Å². The Morgan fingerprint density at radius 1 is 1.17 bits per heavy atom. The minimum absolute atomic E-state index is 0. The van der Waals surface area contributed by atoms with Crippen molar-refractivity contribution >= 4 is 19.1 Å². The molecule has 0 saturated carbocycles. The van der Waals surface area contributed by atoms with Crippen molar-refractivity contribution in [1.29, 1.82) is 0 Å². The molecule has 0 heterocycles. The number of rotatable bonds is 0. The second kappa shape index (κ2) is 3.78. The fourth-order valence-corrected chi connectivity index (χ4v) is 0. The number of hydrogen-bond acceptors (Lipinski definition) is 2. The molecule has 0 bridgehead atoms. The zero-order valence-electron chi connectivity index (χ0n) is 2.54. The summed E-state index contributed by atoms with van der Waals surface area (Å²) >= 11 is -2.76. The normalized spacial score (nSPS) is 12.7. The molecule has 2 nitrogen and oxygen atoms in total. The van der Waals surface area contributed by atoms with Gasteiger partial charge in [0.25, 0.3) is 0 Å². The van der Waals surface area contributed by atoms with Gasteiger partial charge in [-0.1, -0.05) is 0 Å². The third-order valence-corrected chi connectivity index (χ3v) is 0. The summed E-state index contributed by atoms with van der Waals surface area (Å²) in [5.74, 6) is 0. The van der Waals surface area contributed by atoms with Gasteiger partial charge in [0, 0.05) is 20.4 Å². The van der Waals surface area contributed by atoms with Gasteiger partial charge in [-0.3, -0.25) is 0 Å². The summed E-state index contributed by atoms with van der Waals surface area (Å²) in [7, 11) is 10.0. The Labute approximate surface area is 61.7 Å². The molecule has 0 aromatic carbocycles. The van der Waals surface area contributed by atoms with Crippen LogP contribution in [-0.2, 0) is 34.4 Å². The van der Waals surface area contributed by atoms with Crippen molar-refractivity contribution < 1.29 is 34.4 Å². The van der Waals surface area contributed by atoms with Crippen molar-refractivity contribution in [2.24, 2.45) is 8.73 Å². The Balaban J connectivity index is 0. The first-order chi connectivity index (χ1) is 2.00. The molecule has 0 atom stereocenters. The van der Waals surface area contributed by atoms with E-state index in [0.717, 1.165) is 0 Å². The molecule has 0 unspecified atom stereocenters. The van der Waals surface area contributed by atoms with E-state index < -0.39 is 14.0 Å². The van der Waals surface area contributed by atoms with Crippen LogP contribution in [-0.4, -0.2) is 0 Å². The Morgan fingerprint density at radius 3 is 1.17 bits per heavy atom. The molecule has 0 saturated heterocycles. The van der Waals surface area contributed by atoms with Crippen LogP contribution < -0.4 is 8.73 Å². The molecule has 0 aliphatic rings. The van der Waals surface area contributed by atoms with E-state index in [4.69, 9.17) is 27.8 Å². The summed E-state index contributed by atoms with van der Waals surface area (Å²) < 4.78 is 9.63. The van der Waals surface area contributed by atoms with Crippen molar-refractivity contribution in [1.82, 2.24) is 0 Å². The molecule has 0 aromatic rings. The summed E-state index contributed by atoms with van der Waals surface area (Å²) in [5.41, 5.74) is 0. The predicted octanol–water partition coefficient (Wildman–Crippen LogP) is 0.193. The van der Waals surface area contributed by atoms with Crippen molar-refractivity contribution in [2.75, 3.05) is 0 Å². The van der Waals surface area contributed by atoms with Crippen molar-refractivity contribution in [3.8, 4) is 0 Å². The molecule has 0 aliphatic heterocycles. The van der Waals surface area contributed by atoms with E-state index in [1.54, 1.807) is 0 Å². The number of hydrogen-bond donors (Lipinski definition) is 2. The molecule has 0 amide bonds. The fourth-order valence-electron chi connectivity index (χ4n) is 0. The van der Waals surface area contributed by atoms with Gasteiger partial charge in [-0.05, 0) is 0 Å². The third kappa shape index (κ3) is 40.7. The minimum atomic E-state index is -2.76. The molecule has 6 heavy (non-hydrogen) atoms. The first-order valence-electron chi connectivity index (χ1n) is 0.604. The van der Waals surface area contributed by atoms with Gasteiger partial charge in [0.15, 0.2) is 0 Å². The second-order valence-electron chi connectivity index (χ2n) is 0.427. The maximum Gasteiger partial charge on any atom is 0 e. The molecular weight excluding hydrogens is 312 g/mol. The molecule has 0 aromatic heterocycles. The van der Waals surface area contributed by atoms with Crippen LogP contribution in [0.25, 0.3) is 0 Å². The van der Waals surface area contributed by atoms with Crippen LogP contribution >= 0.6 is 19.1 Å². The Bertz CT molecular complexity index is 25.0. The average molecular weight is 316 g/mol. The smallest absolute Gasteiger partial charge is 0 e. The molecule has 4 N–H and O–H groups in total. The van der Waals surface area contributed by atoms with Gasteiger partial charge in [-0.2, -0.15) is 0 Å². The van der Waals surface area contributed by atoms with Crippen LogP contribution in [0.1, 0.15) is 0 Å². The molecule has 48 valence electrons. The molecule has 0 radical (unpaired) electrons. The van der Waals surface area contributed by atoms with Crippen LogP contribution in [0.15, 0.2) is 0 Å². The van der Waals surface area contributed by atoms with Gasteiger partial charge in [0.05, 0.1) is 0 Å². The topological polar surface area (TPSA) is 52.0 Å². The van der Waals surface area contributed by atoms with Gasteiger partial charge in [0.1, 0.15) is 0 Å². The maximum atomic E-state index is 5.00. The van der Waals surface area contributed by atoms with E-state index in [9.17, 15) is 0 Å². The Hall–Kier alpha value is 1.82. The molecule has 0 aliphatic carbocycles. The third-order valence-electron chi connectivity index (χ3n) is 0. The predicted molar refractivity (Wildman–Crippen MR) is 20.1 cm³/mol. The largest absolute Gasteiger partial charge is 0 e. The van der Waals surface area contributed by atoms with Crippen LogP contribution in [0.4, 0.5) is 0 Å². The SMILES string of the molecule is [NH2][Pd]([NH2])([Cl])[Cl].[Pd]. The van der Waals surface area contributed by atoms with Gasteiger partial charge in [0.2, 0.25) is 0 Å². The van der Waals surface area contributed by atoms with Crippen molar-refractivity contribution in [2.45, 2.75) is 0 Å². The summed E-state index contributed by atoms with van der Waals surface area (Å²) in [5, 5.41) is 0. The molecular formula is H4Cl2N2Pd2. The van der Waals surface area contributed by atoms with Crippen LogP contribution in [0.5, 0.6) is 0 Å². The number of nitrogens with two attached hydrogens (primary N) is 2. The number of halogens is 2. The molecule has 6 heteroatoms. The summed E-state index contributed by atoms with van der Waals surface area (Å²) in [6.45, 7) is 0. The quantitative estimate of drug-likeness (QED) is 0.627. The fraction of sp³-hybridized carbons (Fsp3) is 0. The standard InChI is InChI=1S/2ClH.2H2N.2Pd/h2*1H;2*1H2;;/q;;2*-1;;+4/p-2. The van der Waals surface area contributed by atoms with Gasteiger partial charge in [-0.15, -0.1) is 0 Å². The van der Waals surface area contributed by atoms with E-state index in [0.29, 0.717) is 0 Å². The molecule has 0 spiro atoms.